The van der Waals surface area contributed by atoms with Gasteiger partial charge in [-0.25, -0.2) is 22.9 Å². The van der Waals surface area contributed by atoms with Gasteiger partial charge in [0.25, 0.3) is 16.0 Å². The van der Waals surface area contributed by atoms with Crippen molar-refractivity contribution in [3.63, 3.8) is 0 Å². The molecule has 2 rings (SSSR count). The Morgan fingerprint density at radius 2 is 2.04 bits per heavy atom. The number of carbonyl (C=O) groups is 1. The molecule has 0 saturated heterocycles. The van der Waals surface area contributed by atoms with Crippen LogP contribution in [0.5, 0.6) is 5.75 Å². The number of anilines is 1. The van der Waals surface area contributed by atoms with Gasteiger partial charge in [0.15, 0.2) is 0 Å². The van der Waals surface area contributed by atoms with Gasteiger partial charge in [0.05, 0.1) is 18.5 Å². The Hall–Kier alpha value is -2.75. The molecule has 0 unspecified atom stereocenters. The van der Waals surface area contributed by atoms with E-state index < -0.39 is 16.1 Å². The largest absolute Gasteiger partial charge is 0.492 e. The highest BCUT2D eigenvalue weighted by Crippen LogP contribution is 2.23. The van der Waals surface area contributed by atoms with Gasteiger partial charge in [-0.1, -0.05) is 19.1 Å². The first-order valence-corrected chi connectivity index (χ1v) is 8.62. The SMILES string of the molecule is CCCOc1ccccc1S(=O)(=O)NC(=O)Nc1nncc(C)n1. The molecule has 0 fully saturated rings. The highest BCUT2D eigenvalue weighted by Gasteiger charge is 2.22. The summed E-state index contributed by atoms with van der Waals surface area (Å²) < 4.78 is 32.0. The molecule has 0 aliphatic heterocycles. The van der Waals surface area contributed by atoms with E-state index in [2.05, 4.69) is 20.5 Å². The van der Waals surface area contributed by atoms with Gasteiger partial charge in [-0.3, -0.25) is 5.32 Å². The number of aromatic nitrogens is 3. The maximum Gasteiger partial charge on any atom is 0.335 e. The van der Waals surface area contributed by atoms with E-state index in [-0.39, 0.29) is 16.6 Å². The molecule has 0 atom stereocenters. The summed E-state index contributed by atoms with van der Waals surface area (Å²) in [6.45, 7) is 3.93. The van der Waals surface area contributed by atoms with Crippen LogP contribution in [0.15, 0.2) is 35.4 Å². The zero-order chi connectivity index (χ0) is 17.6. The zero-order valence-electron chi connectivity index (χ0n) is 13.2. The van der Waals surface area contributed by atoms with Gasteiger partial charge in [-0.2, -0.15) is 5.10 Å². The number of aryl methyl sites for hydroxylation is 1. The Morgan fingerprint density at radius 3 is 2.75 bits per heavy atom. The summed E-state index contributed by atoms with van der Waals surface area (Å²) >= 11 is 0. The smallest absolute Gasteiger partial charge is 0.335 e. The Bertz CT molecular complexity index is 825. The van der Waals surface area contributed by atoms with E-state index in [9.17, 15) is 13.2 Å². The third-order valence-electron chi connectivity index (χ3n) is 2.73. The van der Waals surface area contributed by atoms with Crippen molar-refractivity contribution >= 4 is 22.0 Å². The Labute approximate surface area is 139 Å². The van der Waals surface area contributed by atoms with Gasteiger partial charge in [0.2, 0.25) is 0 Å². The summed E-state index contributed by atoms with van der Waals surface area (Å²) in [5, 5.41) is 9.42. The van der Waals surface area contributed by atoms with E-state index in [0.29, 0.717) is 12.3 Å². The van der Waals surface area contributed by atoms with Crippen LogP contribution in [0, 0.1) is 6.92 Å². The van der Waals surface area contributed by atoms with Crippen molar-refractivity contribution in [3.8, 4) is 5.75 Å². The number of benzene rings is 1. The second kappa shape index (κ2) is 7.68. The normalized spacial score (nSPS) is 10.9. The lowest BCUT2D eigenvalue weighted by Crippen LogP contribution is -2.35. The number of hydrogen-bond donors (Lipinski definition) is 2. The molecular weight excluding hydrogens is 334 g/mol. The summed E-state index contributed by atoms with van der Waals surface area (Å²) in [5.41, 5.74) is 0.529. The number of urea groups is 1. The predicted octanol–water partition coefficient (Wildman–Crippen LogP) is 1.48. The fraction of sp³-hybridized carbons (Fsp3) is 0.286. The van der Waals surface area contributed by atoms with Crippen molar-refractivity contribution in [2.24, 2.45) is 0 Å². The molecule has 10 heteroatoms. The molecule has 128 valence electrons. The molecular formula is C14H17N5O4S. The second-order valence-electron chi connectivity index (χ2n) is 4.78. The average molecular weight is 351 g/mol. The van der Waals surface area contributed by atoms with Crippen molar-refractivity contribution in [2.45, 2.75) is 25.2 Å². The van der Waals surface area contributed by atoms with Gasteiger partial charge >= 0.3 is 6.03 Å². The van der Waals surface area contributed by atoms with E-state index in [1.807, 2.05) is 11.6 Å². The maximum atomic E-state index is 12.4. The molecule has 0 radical (unpaired) electrons. The molecule has 9 nitrogen and oxygen atoms in total. The third-order valence-corrected chi connectivity index (χ3v) is 4.10. The first-order chi connectivity index (χ1) is 11.4. The van der Waals surface area contributed by atoms with Gasteiger partial charge in [0, 0.05) is 0 Å². The zero-order valence-corrected chi connectivity index (χ0v) is 14.0. The molecule has 0 aliphatic rings. The lowest BCUT2D eigenvalue weighted by atomic mass is 10.3. The molecule has 1 heterocycles. The number of para-hydroxylation sites is 1. The van der Waals surface area contributed by atoms with Crippen LogP contribution in [-0.4, -0.2) is 36.2 Å². The van der Waals surface area contributed by atoms with Crippen molar-refractivity contribution in [3.05, 3.63) is 36.2 Å². The van der Waals surface area contributed by atoms with Gasteiger partial charge in [-0.05, 0) is 25.5 Å². The molecule has 0 saturated carbocycles. The molecule has 24 heavy (non-hydrogen) atoms. The number of rotatable bonds is 6. The molecule has 1 aromatic heterocycles. The molecule has 0 spiro atoms. The van der Waals surface area contributed by atoms with Crippen LogP contribution in [0.4, 0.5) is 10.7 Å². The summed E-state index contributed by atoms with van der Waals surface area (Å²) in [5.74, 6) is 0.0753. The minimum absolute atomic E-state index is 0.0989. The van der Waals surface area contributed by atoms with E-state index >= 15 is 0 Å². The van der Waals surface area contributed by atoms with Crippen molar-refractivity contribution in [1.29, 1.82) is 0 Å². The fourth-order valence-electron chi connectivity index (χ4n) is 1.75. The van der Waals surface area contributed by atoms with Crippen LogP contribution in [0.25, 0.3) is 0 Å². The van der Waals surface area contributed by atoms with Crippen LogP contribution < -0.4 is 14.8 Å². The molecule has 0 bridgehead atoms. The minimum Gasteiger partial charge on any atom is -0.492 e. The lowest BCUT2D eigenvalue weighted by molar-refractivity contribution is 0.256. The van der Waals surface area contributed by atoms with Crippen LogP contribution in [0.2, 0.25) is 0 Å². The number of carbonyl (C=O) groups excluding carboxylic acids is 1. The number of nitrogens with one attached hydrogen (secondary N) is 2. The third kappa shape index (κ3) is 4.62. The maximum absolute atomic E-state index is 12.4. The summed E-state index contributed by atoms with van der Waals surface area (Å²) in [4.78, 5) is 15.7. The number of hydrogen-bond acceptors (Lipinski definition) is 7. The summed E-state index contributed by atoms with van der Waals surface area (Å²) in [6, 6.07) is 5.07. The van der Waals surface area contributed by atoms with Crippen LogP contribution in [0.3, 0.4) is 0 Å². The number of ether oxygens (including phenoxy) is 1. The summed E-state index contributed by atoms with van der Waals surface area (Å²) in [6.07, 6.45) is 2.13. The van der Waals surface area contributed by atoms with Crippen LogP contribution >= 0.6 is 0 Å². The first kappa shape index (κ1) is 17.6. The average Bonchev–Trinajstić information content (AvgIpc) is 2.52. The Balaban J connectivity index is 2.15. The highest BCUT2D eigenvalue weighted by molar-refractivity contribution is 7.90. The molecule has 2 N–H and O–H groups in total. The standard InChI is InChI=1S/C14H17N5O4S/c1-3-8-23-11-6-4-5-7-12(11)24(21,22)19-14(20)17-13-16-10(2)9-15-18-13/h4-7,9H,3,8H2,1-2H3,(H2,16,17,18,19,20). The van der Waals surface area contributed by atoms with E-state index in [4.69, 9.17) is 4.74 Å². The van der Waals surface area contributed by atoms with Crippen LogP contribution in [-0.2, 0) is 10.0 Å². The van der Waals surface area contributed by atoms with E-state index in [1.165, 1.54) is 18.3 Å². The fourth-order valence-corrected chi connectivity index (χ4v) is 2.80. The monoisotopic (exact) mass is 351 g/mol. The molecule has 1 aromatic carbocycles. The number of amides is 2. The predicted molar refractivity (Wildman–Crippen MR) is 86.1 cm³/mol. The van der Waals surface area contributed by atoms with Crippen molar-refractivity contribution in [2.75, 3.05) is 11.9 Å². The first-order valence-electron chi connectivity index (χ1n) is 7.14. The highest BCUT2D eigenvalue weighted by atomic mass is 32.2. The molecule has 2 amide bonds. The Morgan fingerprint density at radius 1 is 1.29 bits per heavy atom. The topological polar surface area (TPSA) is 123 Å². The minimum atomic E-state index is -4.11. The van der Waals surface area contributed by atoms with Gasteiger partial charge < -0.3 is 4.74 Å². The number of nitrogens with zero attached hydrogens (tertiary/aromatic N) is 3. The van der Waals surface area contributed by atoms with Crippen molar-refractivity contribution < 1.29 is 17.9 Å². The lowest BCUT2D eigenvalue weighted by Gasteiger charge is -2.12. The number of sulfonamides is 1. The molecule has 0 aliphatic carbocycles. The van der Waals surface area contributed by atoms with E-state index in [1.54, 1.807) is 19.1 Å². The van der Waals surface area contributed by atoms with Gasteiger partial charge in [-0.15, -0.1) is 5.10 Å². The summed E-state index contributed by atoms with van der Waals surface area (Å²) in [7, 11) is -4.11. The Kier molecular flexibility index (Phi) is 5.64. The quantitative estimate of drug-likeness (QED) is 0.808. The van der Waals surface area contributed by atoms with Crippen molar-refractivity contribution in [1.82, 2.24) is 19.9 Å². The second-order valence-corrected chi connectivity index (χ2v) is 6.43. The van der Waals surface area contributed by atoms with Gasteiger partial charge in [0.1, 0.15) is 10.6 Å². The molecule has 2 aromatic rings. The van der Waals surface area contributed by atoms with Crippen LogP contribution in [0.1, 0.15) is 19.0 Å². The van der Waals surface area contributed by atoms with E-state index in [0.717, 1.165) is 6.42 Å².